The average molecular weight is 239 g/mol. The van der Waals surface area contributed by atoms with E-state index in [0.29, 0.717) is 16.7 Å². The molecule has 3 rings (SSSR count). The smallest absolute Gasteiger partial charge is 0.268 e. The average Bonchev–Trinajstić information content (AvgIpc) is 2.81. The van der Waals surface area contributed by atoms with Crippen molar-refractivity contribution in [2.24, 2.45) is 7.05 Å². The van der Waals surface area contributed by atoms with E-state index >= 15 is 0 Å². The van der Waals surface area contributed by atoms with Crippen molar-refractivity contribution in [2.45, 2.75) is 0 Å². The lowest BCUT2D eigenvalue weighted by atomic mass is 10.2. The Morgan fingerprint density at radius 3 is 2.78 bits per heavy atom. The lowest BCUT2D eigenvalue weighted by Crippen LogP contribution is -2.27. The van der Waals surface area contributed by atoms with Crippen molar-refractivity contribution in [3.8, 4) is 0 Å². The second-order valence-electron chi connectivity index (χ2n) is 4.03. The van der Waals surface area contributed by atoms with Crippen molar-refractivity contribution in [3.05, 3.63) is 54.7 Å². The van der Waals surface area contributed by atoms with Gasteiger partial charge in [-0.25, -0.2) is 14.1 Å². The van der Waals surface area contributed by atoms with Crippen LogP contribution in [0.25, 0.3) is 11.2 Å². The summed E-state index contributed by atoms with van der Waals surface area (Å²) in [6, 6.07) is 9.09. The van der Waals surface area contributed by atoms with Gasteiger partial charge in [0.1, 0.15) is 12.5 Å². The van der Waals surface area contributed by atoms with E-state index in [1.807, 2.05) is 31.4 Å². The molecule has 2 heterocycles. The van der Waals surface area contributed by atoms with Gasteiger partial charge in [0.15, 0.2) is 5.52 Å². The van der Waals surface area contributed by atoms with E-state index in [4.69, 9.17) is 0 Å². The van der Waals surface area contributed by atoms with Gasteiger partial charge in [0.05, 0.1) is 7.05 Å². The van der Waals surface area contributed by atoms with Gasteiger partial charge >= 0.3 is 0 Å². The second-order valence-corrected chi connectivity index (χ2v) is 4.03. The van der Waals surface area contributed by atoms with Crippen LogP contribution in [0.4, 0.5) is 0 Å². The summed E-state index contributed by atoms with van der Waals surface area (Å²) in [6.07, 6.45) is 4.99. The Bertz CT molecular complexity index is 718. The molecule has 0 unspecified atom stereocenters. The van der Waals surface area contributed by atoms with Crippen molar-refractivity contribution in [2.75, 3.05) is 0 Å². The number of aryl methyl sites for hydroxylation is 1. The number of rotatable bonds is 1. The minimum Gasteiger partial charge on any atom is -0.268 e. The first kappa shape index (κ1) is 10.6. The van der Waals surface area contributed by atoms with Crippen LogP contribution >= 0.6 is 0 Å². The van der Waals surface area contributed by atoms with Crippen LogP contribution in [0.3, 0.4) is 0 Å². The summed E-state index contributed by atoms with van der Waals surface area (Å²) >= 11 is 0. The third-order valence-electron chi connectivity index (χ3n) is 2.70. The Kier molecular flexibility index (Phi) is 2.37. The molecule has 1 aromatic carbocycles. The molecule has 5 nitrogen and oxygen atoms in total. The molecule has 0 fully saturated rings. The number of aromatic nitrogens is 4. The van der Waals surface area contributed by atoms with Gasteiger partial charge in [-0.15, -0.1) is 0 Å². The summed E-state index contributed by atoms with van der Waals surface area (Å²) < 4.78 is 3.26. The molecule has 5 heteroatoms. The summed E-state index contributed by atoms with van der Waals surface area (Å²) in [5.41, 5.74) is 1.89. The van der Waals surface area contributed by atoms with Crippen LogP contribution in [0.15, 0.2) is 49.2 Å². The largest absolute Gasteiger partial charge is 0.288 e. The highest BCUT2D eigenvalue weighted by molar-refractivity contribution is 5.99. The molecule has 88 valence electrons. The minimum absolute atomic E-state index is 0.126. The molecule has 0 bridgehead atoms. The van der Waals surface area contributed by atoms with Crippen molar-refractivity contribution in [1.82, 2.24) is 14.5 Å². The first-order valence-electron chi connectivity index (χ1n) is 5.54. The molecule has 0 saturated carbocycles. The Morgan fingerprint density at radius 1 is 1.22 bits per heavy atom. The molecule has 0 N–H and O–H groups in total. The SMILES string of the molecule is C[n+]1cnc2c(c1)ncn2C(=O)c1ccccc1. The summed E-state index contributed by atoms with van der Waals surface area (Å²) in [7, 11) is 1.87. The zero-order valence-corrected chi connectivity index (χ0v) is 9.82. The lowest BCUT2D eigenvalue weighted by molar-refractivity contribution is -0.673. The van der Waals surface area contributed by atoms with Crippen LogP contribution in [0.1, 0.15) is 10.4 Å². The maximum absolute atomic E-state index is 12.3. The quantitative estimate of drug-likeness (QED) is 0.594. The number of hydrogen-bond acceptors (Lipinski definition) is 3. The second kappa shape index (κ2) is 4.03. The molecule has 0 spiro atoms. The van der Waals surface area contributed by atoms with E-state index in [1.165, 1.54) is 10.9 Å². The minimum atomic E-state index is -0.126. The molecule has 0 aliphatic rings. The van der Waals surface area contributed by atoms with E-state index in [0.717, 1.165) is 0 Å². The number of nitrogens with zero attached hydrogens (tertiary/aromatic N) is 4. The highest BCUT2D eigenvalue weighted by Crippen LogP contribution is 2.10. The molecule has 0 aliphatic heterocycles. The van der Waals surface area contributed by atoms with Gasteiger partial charge in [-0.3, -0.25) is 4.79 Å². The number of carbonyl (C=O) groups excluding carboxylic acids is 1. The van der Waals surface area contributed by atoms with E-state index in [1.54, 1.807) is 23.0 Å². The van der Waals surface area contributed by atoms with Crippen LogP contribution in [0, 0.1) is 0 Å². The summed E-state index contributed by atoms with van der Waals surface area (Å²) in [5.74, 6) is -0.126. The third kappa shape index (κ3) is 1.66. The van der Waals surface area contributed by atoms with Gasteiger partial charge in [-0.2, -0.15) is 0 Å². The van der Waals surface area contributed by atoms with Crippen molar-refractivity contribution < 1.29 is 9.36 Å². The number of imidazole rings is 1. The molecular weight excluding hydrogens is 228 g/mol. The Balaban J connectivity index is 2.13. The highest BCUT2D eigenvalue weighted by atomic mass is 16.2. The number of fused-ring (bicyclic) bond motifs is 1. The van der Waals surface area contributed by atoms with Gasteiger partial charge in [0.25, 0.3) is 17.9 Å². The third-order valence-corrected chi connectivity index (χ3v) is 2.70. The predicted molar refractivity (Wildman–Crippen MR) is 64.9 cm³/mol. The van der Waals surface area contributed by atoms with Gasteiger partial charge in [0, 0.05) is 5.56 Å². The summed E-state index contributed by atoms with van der Waals surface area (Å²) in [5, 5.41) is 0. The zero-order valence-electron chi connectivity index (χ0n) is 9.82. The Labute approximate surface area is 103 Å². The zero-order chi connectivity index (χ0) is 12.5. The van der Waals surface area contributed by atoms with E-state index in [9.17, 15) is 4.79 Å². The van der Waals surface area contributed by atoms with Gasteiger partial charge in [0.2, 0.25) is 0 Å². The van der Waals surface area contributed by atoms with E-state index in [2.05, 4.69) is 9.97 Å². The standard InChI is InChI=1S/C13H11N4O/c1-16-7-11-12(15-8-16)17(9-14-11)13(18)10-5-3-2-4-6-10/h2-9H,1H3/q+1. The highest BCUT2D eigenvalue weighted by Gasteiger charge is 2.16. The van der Waals surface area contributed by atoms with E-state index < -0.39 is 0 Å². The maximum Gasteiger partial charge on any atom is 0.288 e. The van der Waals surface area contributed by atoms with Gasteiger partial charge < -0.3 is 0 Å². The lowest BCUT2D eigenvalue weighted by Gasteiger charge is -1.99. The molecule has 0 saturated heterocycles. The molecule has 0 radical (unpaired) electrons. The maximum atomic E-state index is 12.3. The molecule has 0 aliphatic carbocycles. The Hall–Kier alpha value is -2.56. The fourth-order valence-electron chi connectivity index (χ4n) is 1.82. The molecular formula is C13H11N4O+. The monoisotopic (exact) mass is 239 g/mol. The van der Waals surface area contributed by atoms with Crippen molar-refractivity contribution >= 4 is 17.1 Å². The van der Waals surface area contributed by atoms with Crippen LogP contribution < -0.4 is 4.57 Å². The van der Waals surface area contributed by atoms with Crippen LogP contribution in [0.5, 0.6) is 0 Å². The molecule has 0 atom stereocenters. The molecule has 0 amide bonds. The van der Waals surface area contributed by atoms with Gasteiger partial charge in [-0.1, -0.05) is 18.2 Å². The topological polar surface area (TPSA) is 51.7 Å². The first-order valence-corrected chi connectivity index (χ1v) is 5.54. The van der Waals surface area contributed by atoms with Crippen LogP contribution in [-0.2, 0) is 7.05 Å². The fourth-order valence-corrected chi connectivity index (χ4v) is 1.82. The predicted octanol–water partition coefficient (Wildman–Crippen LogP) is 0.944. The number of hydrogen-bond donors (Lipinski definition) is 0. The van der Waals surface area contributed by atoms with Crippen molar-refractivity contribution in [1.29, 1.82) is 0 Å². The summed E-state index contributed by atoms with van der Waals surface area (Å²) in [6.45, 7) is 0. The van der Waals surface area contributed by atoms with Crippen LogP contribution in [0.2, 0.25) is 0 Å². The molecule has 2 aromatic heterocycles. The fraction of sp³-hybridized carbons (Fsp3) is 0.0769. The summed E-state index contributed by atoms with van der Waals surface area (Å²) in [4.78, 5) is 20.7. The van der Waals surface area contributed by atoms with Gasteiger partial charge in [-0.05, 0) is 17.1 Å². The van der Waals surface area contributed by atoms with Crippen molar-refractivity contribution in [3.63, 3.8) is 0 Å². The normalized spacial score (nSPS) is 10.7. The Morgan fingerprint density at radius 2 is 2.00 bits per heavy atom. The van der Waals surface area contributed by atoms with E-state index in [-0.39, 0.29) is 5.91 Å². The number of carbonyl (C=O) groups is 1. The first-order chi connectivity index (χ1) is 8.75. The van der Waals surface area contributed by atoms with Crippen LogP contribution in [-0.4, -0.2) is 20.4 Å². The number of benzene rings is 1. The molecule has 18 heavy (non-hydrogen) atoms. The molecule has 3 aromatic rings.